The summed E-state index contributed by atoms with van der Waals surface area (Å²) in [5.41, 5.74) is 0.881. The molecule has 0 aromatic carbocycles. The predicted octanol–water partition coefficient (Wildman–Crippen LogP) is 1.89. The molecule has 0 aliphatic carbocycles. The fourth-order valence-electron chi connectivity index (χ4n) is 2.40. The Kier molecular flexibility index (Phi) is 6.03. The lowest BCUT2D eigenvalue weighted by molar-refractivity contribution is 0.0437. The largest absolute Gasteiger partial charge is 0.466 e. The fourth-order valence-corrected chi connectivity index (χ4v) is 2.40. The van der Waals surface area contributed by atoms with E-state index in [1.807, 2.05) is 20.8 Å². The van der Waals surface area contributed by atoms with Crippen molar-refractivity contribution in [3.8, 4) is 0 Å². The molecule has 2 aromatic heterocycles. The molecular weight excluding hydrogens is 308 g/mol. The smallest absolute Gasteiger partial charge is 0.191 e. The van der Waals surface area contributed by atoms with Crippen LogP contribution in [0, 0.1) is 13.8 Å². The van der Waals surface area contributed by atoms with Gasteiger partial charge in [0.2, 0.25) is 0 Å². The van der Waals surface area contributed by atoms with E-state index >= 15 is 0 Å². The Morgan fingerprint density at radius 3 is 2.75 bits per heavy atom. The lowest BCUT2D eigenvalue weighted by Gasteiger charge is -2.19. The van der Waals surface area contributed by atoms with Gasteiger partial charge in [-0.25, -0.2) is 4.99 Å². The first-order chi connectivity index (χ1) is 11.4. The Bertz CT molecular complexity index is 640. The molecule has 2 heterocycles. The standard InChI is InChI=1S/C17H26N4O3/c1-5-18-16(19-9-8-14-12(2)21-24-13(14)3)20-11-17(4,22)15-7-6-10-23-15/h6-7,10,22H,5,8-9,11H2,1-4H3,(H2,18,19,20). The lowest BCUT2D eigenvalue weighted by Crippen LogP contribution is -2.39. The molecule has 7 heteroatoms. The maximum absolute atomic E-state index is 10.5. The van der Waals surface area contributed by atoms with Crippen LogP contribution in [0.25, 0.3) is 0 Å². The third kappa shape index (κ3) is 4.61. The number of aromatic nitrogens is 1. The number of aliphatic imine (C=N–C) groups is 1. The van der Waals surface area contributed by atoms with Crippen molar-refractivity contribution < 1.29 is 14.0 Å². The molecule has 3 N–H and O–H groups in total. The first-order valence-electron chi connectivity index (χ1n) is 8.14. The molecule has 0 radical (unpaired) electrons. The summed E-state index contributed by atoms with van der Waals surface area (Å²) in [6.45, 7) is 9.15. The number of rotatable bonds is 7. The number of nitrogens with zero attached hydrogens (tertiary/aromatic N) is 2. The molecular formula is C17H26N4O3. The quantitative estimate of drug-likeness (QED) is 0.529. The second kappa shape index (κ2) is 8.01. The van der Waals surface area contributed by atoms with E-state index in [1.54, 1.807) is 25.3 Å². The van der Waals surface area contributed by atoms with E-state index in [4.69, 9.17) is 8.94 Å². The average molecular weight is 334 g/mol. The molecule has 0 spiro atoms. The van der Waals surface area contributed by atoms with Crippen LogP contribution in [-0.4, -0.2) is 35.9 Å². The number of nitrogens with one attached hydrogen (secondary N) is 2. The topological polar surface area (TPSA) is 95.8 Å². The molecule has 0 fully saturated rings. The Balaban J connectivity index is 1.93. The minimum absolute atomic E-state index is 0.196. The van der Waals surface area contributed by atoms with Crippen molar-refractivity contribution in [1.82, 2.24) is 15.8 Å². The van der Waals surface area contributed by atoms with Crippen LogP contribution in [0.4, 0.5) is 0 Å². The normalized spacial score (nSPS) is 14.5. The molecule has 1 atom stereocenters. The zero-order chi connectivity index (χ0) is 17.6. The van der Waals surface area contributed by atoms with Gasteiger partial charge in [-0.1, -0.05) is 5.16 Å². The second-order valence-electron chi connectivity index (χ2n) is 5.93. The number of guanidine groups is 1. The molecule has 0 saturated carbocycles. The highest BCUT2D eigenvalue weighted by Crippen LogP contribution is 2.21. The van der Waals surface area contributed by atoms with E-state index in [1.165, 1.54) is 0 Å². The monoisotopic (exact) mass is 334 g/mol. The highest BCUT2D eigenvalue weighted by molar-refractivity contribution is 5.79. The zero-order valence-electron chi connectivity index (χ0n) is 14.7. The summed E-state index contributed by atoms with van der Waals surface area (Å²) in [5, 5.41) is 20.8. The Morgan fingerprint density at radius 2 is 2.17 bits per heavy atom. The molecule has 24 heavy (non-hydrogen) atoms. The SMILES string of the molecule is CCNC(=NCC(C)(O)c1ccco1)NCCc1c(C)noc1C. The van der Waals surface area contributed by atoms with Gasteiger partial charge in [0.05, 0.1) is 18.5 Å². The van der Waals surface area contributed by atoms with Crippen LogP contribution in [0.1, 0.15) is 36.6 Å². The van der Waals surface area contributed by atoms with Gasteiger partial charge in [0, 0.05) is 18.7 Å². The molecule has 1 unspecified atom stereocenters. The number of hydrogen-bond donors (Lipinski definition) is 3. The van der Waals surface area contributed by atoms with Crippen molar-refractivity contribution >= 4 is 5.96 Å². The maximum atomic E-state index is 10.5. The summed E-state index contributed by atoms with van der Waals surface area (Å²) in [6.07, 6.45) is 2.33. The number of aryl methyl sites for hydroxylation is 2. The van der Waals surface area contributed by atoms with E-state index in [0.717, 1.165) is 30.0 Å². The minimum atomic E-state index is -1.15. The summed E-state index contributed by atoms with van der Waals surface area (Å²) in [5.74, 6) is 1.99. The van der Waals surface area contributed by atoms with Crippen LogP contribution in [0.5, 0.6) is 0 Å². The fraction of sp³-hybridized carbons (Fsp3) is 0.529. The summed E-state index contributed by atoms with van der Waals surface area (Å²) in [7, 11) is 0. The van der Waals surface area contributed by atoms with E-state index < -0.39 is 5.60 Å². The summed E-state index contributed by atoms with van der Waals surface area (Å²) < 4.78 is 10.4. The molecule has 0 saturated heterocycles. The van der Waals surface area contributed by atoms with Crippen LogP contribution in [-0.2, 0) is 12.0 Å². The number of furan rings is 1. The van der Waals surface area contributed by atoms with E-state index in [2.05, 4.69) is 20.8 Å². The van der Waals surface area contributed by atoms with Gasteiger partial charge in [-0.3, -0.25) is 0 Å². The minimum Gasteiger partial charge on any atom is -0.466 e. The molecule has 0 aliphatic rings. The van der Waals surface area contributed by atoms with E-state index in [-0.39, 0.29) is 6.54 Å². The average Bonchev–Trinajstić information content (AvgIpc) is 3.18. The van der Waals surface area contributed by atoms with Gasteiger partial charge >= 0.3 is 0 Å². The van der Waals surface area contributed by atoms with Gasteiger partial charge < -0.3 is 24.7 Å². The van der Waals surface area contributed by atoms with Gasteiger partial charge in [0.15, 0.2) is 5.96 Å². The van der Waals surface area contributed by atoms with Crippen LogP contribution in [0.15, 0.2) is 32.3 Å². The van der Waals surface area contributed by atoms with Crippen LogP contribution >= 0.6 is 0 Å². The molecule has 0 amide bonds. The van der Waals surface area contributed by atoms with Crippen LogP contribution in [0.2, 0.25) is 0 Å². The van der Waals surface area contributed by atoms with Crippen molar-refractivity contribution in [2.45, 2.75) is 39.7 Å². The first-order valence-corrected chi connectivity index (χ1v) is 8.14. The predicted molar refractivity (Wildman–Crippen MR) is 91.9 cm³/mol. The molecule has 7 nitrogen and oxygen atoms in total. The second-order valence-corrected chi connectivity index (χ2v) is 5.93. The van der Waals surface area contributed by atoms with Crippen LogP contribution < -0.4 is 10.6 Å². The molecule has 2 aromatic rings. The lowest BCUT2D eigenvalue weighted by atomic mass is 10.0. The van der Waals surface area contributed by atoms with E-state index in [9.17, 15) is 5.11 Å². The van der Waals surface area contributed by atoms with Gasteiger partial charge in [-0.05, 0) is 46.2 Å². The van der Waals surface area contributed by atoms with Crippen molar-refractivity contribution in [3.05, 3.63) is 41.2 Å². The Labute approximate surface area is 142 Å². The van der Waals surface area contributed by atoms with Gasteiger partial charge in [0.25, 0.3) is 0 Å². The van der Waals surface area contributed by atoms with Gasteiger partial charge in [0.1, 0.15) is 17.1 Å². The third-order valence-electron chi connectivity index (χ3n) is 3.79. The molecule has 132 valence electrons. The van der Waals surface area contributed by atoms with Crippen molar-refractivity contribution in [3.63, 3.8) is 0 Å². The number of hydrogen-bond acceptors (Lipinski definition) is 5. The first kappa shape index (κ1) is 18.1. The summed E-state index contributed by atoms with van der Waals surface area (Å²) in [4.78, 5) is 4.45. The van der Waals surface area contributed by atoms with Gasteiger partial charge in [-0.15, -0.1) is 0 Å². The van der Waals surface area contributed by atoms with Crippen LogP contribution in [0.3, 0.4) is 0 Å². The van der Waals surface area contributed by atoms with E-state index in [0.29, 0.717) is 18.3 Å². The Morgan fingerprint density at radius 1 is 1.38 bits per heavy atom. The van der Waals surface area contributed by atoms with Crippen molar-refractivity contribution in [2.24, 2.45) is 4.99 Å². The highest BCUT2D eigenvalue weighted by atomic mass is 16.5. The molecule has 0 bridgehead atoms. The zero-order valence-corrected chi connectivity index (χ0v) is 14.7. The van der Waals surface area contributed by atoms with Gasteiger partial charge in [-0.2, -0.15) is 0 Å². The third-order valence-corrected chi connectivity index (χ3v) is 3.79. The summed E-state index contributed by atoms with van der Waals surface area (Å²) >= 11 is 0. The highest BCUT2D eigenvalue weighted by Gasteiger charge is 2.26. The number of aliphatic hydroxyl groups is 1. The van der Waals surface area contributed by atoms with Crippen molar-refractivity contribution in [1.29, 1.82) is 0 Å². The molecule has 0 aliphatic heterocycles. The Hall–Kier alpha value is -2.28. The maximum Gasteiger partial charge on any atom is 0.191 e. The van der Waals surface area contributed by atoms with Crippen molar-refractivity contribution in [2.75, 3.05) is 19.6 Å². The molecule has 2 rings (SSSR count). The summed E-state index contributed by atoms with van der Waals surface area (Å²) in [6, 6.07) is 3.49.